The number of nitrogens with one attached hydrogen (secondary N) is 1. The van der Waals surface area contributed by atoms with Gasteiger partial charge in [0.1, 0.15) is 0 Å². The van der Waals surface area contributed by atoms with Crippen LogP contribution < -0.4 is 5.32 Å². The highest BCUT2D eigenvalue weighted by atomic mass is 33.1. The standard InChI is InChI=1S/C14H22N2OS2/c1-12-5-4-6-13(11-12)15-14(17)7-9-18-19-10-8-16(2)3/h4-6,11H,7-10H2,1-3H3,(H,15,17). The Balaban J connectivity index is 2.11. The Bertz CT molecular complexity index is 397. The van der Waals surface area contributed by atoms with Gasteiger partial charge in [0.15, 0.2) is 0 Å². The van der Waals surface area contributed by atoms with E-state index in [2.05, 4.69) is 24.3 Å². The molecule has 0 bridgehead atoms. The fourth-order valence-corrected chi connectivity index (χ4v) is 3.54. The monoisotopic (exact) mass is 298 g/mol. The Morgan fingerprint density at radius 1 is 1.26 bits per heavy atom. The summed E-state index contributed by atoms with van der Waals surface area (Å²) < 4.78 is 0. The maximum atomic E-state index is 11.7. The molecule has 3 nitrogen and oxygen atoms in total. The van der Waals surface area contributed by atoms with Crippen molar-refractivity contribution in [3.8, 4) is 0 Å². The normalized spacial score (nSPS) is 10.7. The Morgan fingerprint density at radius 2 is 2.00 bits per heavy atom. The summed E-state index contributed by atoms with van der Waals surface area (Å²) in [6, 6.07) is 7.88. The molecular formula is C14H22N2OS2. The maximum absolute atomic E-state index is 11.7. The second-order valence-corrected chi connectivity index (χ2v) is 7.32. The smallest absolute Gasteiger partial charge is 0.225 e. The molecule has 0 fully saturated rings. The molecule has 0 aliphatic rings. The van der Waals surface area contributed by atoms with Gasteiger partial charge in [-0.05, 0) is 38.7 Å². The number of aryl methyl sites for hydroxylation is 1. The van der Waals surface area contributed by atoms with E-state index in [-0.39, 0.29) is 5.91 Å². The molecular weight excluding hydrogens is 276 g/mol. The Hall–Kier alpha value is -0.650. The summed E-state index contributed by atoms with van der Waals surface area (Å²) in [4.78, 5) is 13.9. The van der Waals surface area contributed by atoms with E-state index in [0.29, 0.717) is 6.42 Å². The number of carbonyl (C=O) groups is 1. The summed E-state index contributed by atoms with van der Waals surface area (Å²) in [5, 5.41) is 2.92. The number of carbonyl (C=O) groups excluding carboxylic acids is 1. The van der Waals surface area contributed by atoms with Crippen LogP contribution in [0.2, 0.25) is 0 Å². The molecule has 0 aromatic heterocycles. The van der Waals surface area contributed by atoms with Crippen molar-refractivity contribution >= 4 is 33.2 Å². The lowest BCUT2D eigenvalue weighted by Gasteiger charge is -2.08. The topological polar surface area (TPSA) is 32.3 Å². The molecule has 0 atom stereocenters. The average Bonchev–Trinajstić information content (AvgIpc) is 2.33. The van der Waals surface area contributed by atoms with E-state index >= 15 is 0 Å². The van der Waals surface area contributed by atoms with Crippen molar-refractivity contribution < 1.29 is 4.79 Å². The van der Waals surface area contributed by atoms with Gasteiger partial charge in [-0.3, -0.25) is 4.79 Å². The number of hydrogen-bond acceptors (Lipinski definition) is 4. The van der Waals surface area contributed by atoms with Crippen LogP contribution in [0, 0.1) is 6.92 Å². The van der Waals surface area contributed by atoms with Crippen LogP contribution in [0.15, 0.2) is 24.3 Å². The van der Waals surface area contributed by atoms with Crippen molar-refractivity contribution in [2.75, 3.05) is 37.5 Å². The first-order valence-electron chi connectivity index (χ1n) is 6.33. The minimum absolute atomic E-state index is 0.0892. The second-order valence-electron chi connectivity index (χ2n) is 4.61. The molecule has 0 aliphatic carbocycles. The lowest BCUT2D eigenvalue weighted by atomic mass is 10.2. The van der Waals surface area contributed by atoms with Crippen LogP contribution in [0.25, 0.3) is 0 Å². The lowest BCUT2D eigenvalue weighted by Crippen LogP contribution is -2.14. The second kappa shape index (κ2) is 9.28. The molecule has 1 aromatic carbocycles. The van der Waals surface area contributed by atoms with Crippen molar-refractivity contribution in [2.45, 2.75) is 13.3 Å². The lowest BCUT2D eigenvalue weighted by molar-refractivity contribution is -0.115. The predicted octanol–water partition coefficient (Wildman–Crippen LogP) is 3.27. The van der Waals surface area contributed by atoms with Gasteiger partial charge in [0, 0.05) is 30.2 Å². The summed E-state index contributed by atoms with van der Waals surface area (Å²) in [6.07, 6.45) is 0.563. The fraction of sp³-hybridized carbons (Fsp3) is 0.500. The zero-order chi connectivity index (χ0) is 14.1. The van der Waals surface area contributed by atoms with E-state index in [4.69, 9.17) is 0 Å². The summed E-state index contributed by atoms with van der Waals surface area (Å²) in [7, 11) is 7.73. The number of anilines is 1. The van der Waals surface area contributed by atoms with Crippen LogP contribution in [-0.2, 0) is 4.79 Å². The third kappa shape index (κ3) is 8.18. The van der Waals surface area contributed by atoms with Gasteiger partial charge in [0.05, 0.1) is 0 Å². The van der Waals surface area contributed by atoms with Crippen LogP contribution >= 0.6 is 21.6 Å². The van der Waals surface area contributed by atoms with Crippen LogP contribution in [0.3, 0.4) is 0 Å². The summed E-state index contributed by atoms with van der Waals surface area (Å²) >= 11 is 0. The highest BCUT2D eigenvalue weighted by Gasteiger charge is 2.02. The van der Waals surface area contributed by atoms with Crippen molar-refractivity contribution in [3.05, 3.63) is 29.8 Å². The SMILES string of the molecule is Cc1cccc(NC(=O)CCSSCCN(C)C)c1. The molecule has 1 rings (SSSR count). The minimum atomic E-state index is 0.0892. The first-order chi connectivity index (χ1) is 9.08. The van der Waals surface area contributed by atoms with Crippen molar-refractivity contribution in [2.24, 2.45) is 0 Å². The van der Waals surface area contributed by atoms with Crippen LogP contribution in [-0.4, -0.2) is 43.0 Å². The summed E-state index contributed by atoms with van der Waals surface area (Å²) in [5.74, 6) is 2.04. The Morgan fingerprint density at radius 3 is 2.68 bits per heavy atom. The fourth-order valence-electron chi connectivity index (χ4n) is 1.42. The third-order valence-corrected chi connectivity index (χ3v) is 4.81. The van der Waals surface area contributed by atoms with E-state index in [0.717, 1.165) is 29.3 Å². The van der Waals surface area contributed by atoms with E-state index in [1.807, 2.05) is 42.0 Å². The molecule has 1 N–H and O–H groups in total. The van der Waals surface area contributed by atoms with Crippen LogP contribution in [0.5, 0.6) is 0 Å². The van der Waals surface area contributed by atoms with Crippen LogP contribution in [0.1, 0.15) is 12.0 Å². The molecule has 0 radical (unpaired) electrons. The molecule has 0 saturated heterocycles. The highest BCUT2D eigenvalue weighted by Crippen LogP contribution is 2.21. The van der Waals surface area contributed by atoms with Crippen LogP contribution in [0.4, 0.5) is 5.69 Å². The maximum Gasteiger partial charge on any atom is 0.225 e. The van der Waals surface area contributed by atoms with E-state index < -0.39 is 0 Å². The minimum Gasteiger partial charge on any atom is -0.326 e. The molecule has 5 heteroatoms. The molecule has 0 saturated carbocycles. The average molecular weight is 298 g/mol. The molecule has 19 heavy (non-hydrogen) atoms. The van der Waals surface area contributed by atoms with Gasteiger partial charge in [0.25, 0.3) is 0 Å². The highest BCUT2D eigenvalue weighted by molar-refractivity contribution is 8.76. The molecule has 106 valence electrons. The van der Waals surface area contributed by atoms with Gasteiger partial charge in [-0.1, -0.05) is 33.7 Å². The quantitative estimate of drug-likeness (QED) is 0.590. The van der Waals surface area contributed by atoms with E-state index in [1.54, 1.807) is 10.8 Å². The summed E-state index contributed by atoms with van der Waals surface area (Å²) in [5.41, 5.74) is 2.04. The Labute approximate surface area is 123 Å². The first kappa shape index (κ1) is 16.4. The van der Waals surface area contributed by atoms with E-state index in [9.17, 15) is 4.79 Å². The predicted molar refractivity (Wildman–Crippen MR) is 87.9 cm³/mol. The number of amides is 1. The van der Waals surface area contributed by atoms with Gasteiger partial charge in [-0.2, -0.15) is 0 Å². The number of benzene rings is 1. The molecule has 0 unspecified atom stereocenters. The number of hydrogen-bond donors (Lipinski definition) is 1. The van der Waals surface area contributed by atoms with Gasteiger partial charge in [0.2, 0.25) is 5.91 Å². The molecule has 0 aliphatic heterocycles. The number of rotatable bonds is 8. The Kier molecular flexibility index (Phi) is 8.02. The van der Waals surface area contributed by atoms with E-state index in [1.165, 1.54) is 0 Å². The van der Waals surface area contributed by atoms with Gasteiger partial charge < -0.3 is 10.2 Å². The zero-order valence-corrected chi connectivity index (χ0v) is 13.4. The van der Waals surface area contributed by atoms with Crippen molar-refractivity contribution in [3.63, 3.8) is 0 Å². The summed E-state index contributed by atoms with van der Waals surface area (Å²) in [6.45, 7) is 3.10. The molecule has 0 heterocycles. The van der Waals surface area contributed by atoms with Crippen molar-refractivity contribution in [1.29, 1.82) is 0 Å². The largest absolute Gasteiger partial charge is 0.326 e. The zero-order valence-electron chi connectivity index (χ0n) is 11.8. The molecule has 0 spiro atoms. The first-order valence-corrected chi connectivity index (χ1v) is 8.82. The van der Waals surface area contributed by atoms with Gasteiger partial charge >= 0.3 is 0 Å². The van der Waals surface area contributed by atoms with Gasteiger partial charge in [-0.15, -0.1) is 0 Å². The van der Waals surface area contributed by atoms with Gasteiger partial charge in [-0.25, -0.2) is 0 Å². The number of nitrogens with zero attached hydrogens (tertiary/aromatic N) is 1. The van der Waals surface area contributed by atoms with Crippen molar-refractivity contribution in [1.82, 2.24) is 4.90 Å². The molecule has 1 amide bonds. The molecule has 1 aromatic rings. The third-order valence-electron chi connectivity index (χ3n) is 2.42.